The zero-order valence-corrected chi connectivity index (χ0v) is 12.7. The molecule has 0 bridgehead atoms. The molecule has 2 aromatic carbocycles. The van der Waals surface area contributed by atoms with E-state index in [4.69, 9.17) is 18.0 Å². The fourth-order valence-electron chi connectivity index (χ4n) is 2.34. The molecule has 104 valence electrons. The minimum Gasteiger partial charge on any atom is -0.389 e. The van der Waals surface area contributed by atoms with Crippen LogP contribution in [-0.4, -0.2) is 4.99 Å². The lowest BCUT2D eigenvalue weighted by atomic mass is 10.0. The van der Waals surface area contributed by atoms with Gasteiger partial charge in [-0.2, -0.15) is 0 Å². The second kappa shape index (κ2) is 6.53. The molecule has 0 aliphatic carbocycles. The summed E-state index contributed by atoms with van der Waals surface area (Å²) in [5, 5.41) is 3.57. The quantitative estimate of drug-likeness (QED) is 0.808. The van der Waals surface area contributed by atoms with Crippen LogP contribution < -0.4 is 11.1 Å². The van der Waals surface area contributed by atoms with Gasteiger partial charge in [-0.15, -0.1) is 0 Å². The highest BCUT2D eigenvalue weighted by atomic mass is 32.1. The Morgan fingerprint density at radius 1 is 1.20 bits per heavy atom. The maximum atomic E-state index is 5.69. The zero-order chi connectivity index (χ0) is 14.5. The molecule has 0 amide bonds. The smallest absolute Gasteiger partial charge is 0.104 e. The van der Waals surface area contributed by atoms with Gasteiger partial charge in [0.15, 0.2) is 0 Å². The molecule has 0 fully saturated rings. The predicted octanol–water partition coefficient (Wildman–Crippen LogP) is 4.19. The molecule has 3 heteroatoms. The van der Waals surface area contributed by atoms with Crippen molar-refractivity contribution < 1.29 is 0 Å². The van der Waals surface area contributed by atoms with Crippen molar-refractivity contribution in [3.8, 4) is 0 Å². The van der Waals surface area contributed by atoms with E-state index in [0.717, 1.165) is 23.2 Å². The molecular formula is C17H20N2S. The maximum absolute atomic E-state index is 5.69. The summed E-state index contributed by atoms with van der Waals surface area (Å²) < 4.78 is 0. The molecule has 1 atom stereocenters. The Balaban J connectivity index is 2.20. The highest BCUT2D eigenvalue weighted by Gasteiger charge is 2.09. The molecule has 1 unspecified atom stereocenters. The van der Waals surface area contributed by atoms with Crippen molar-refractivity contribution in [2.75, 3.05) is 5.32 Å². The third kappa shape index (κ3) is 3.36. The number of anilines is 1. The highest BCUT2D eigenvalue weighted by Crippen LogP contribution is 2.24. The van der Waals surface area contributed by atoms with Crippen LogP contribution in [0.4, 0.5) is 5.69 Å². The van der Waals surface area contributed by atoms with E-state index in [0.29, 0.717) is 11.0 Å². The molecule has 0 heterocycles. The van der Waals surface area contributed by atoms with Crippen molar-refractivity contribution in [1.29, 1.82) is 0 Å². The Morgan fingerprint density at radius 2 is 1.90 bits per heavy atom. The Morgan fingerprint density at radius 3 is 2.45 bits per heavy atom. The Hall–Kier alpha value is -1.87. The lowest BCUT2D eigenvalue weighted by Crippen LogP contribution is -2.13. The summed E-state index contributed by atoms with van der Waals surface area (Å²) in [5.74, 6) is 0. The first-order valence-corrected chi connectivity index (χ1v) is 7.24. The fraction of sp³-hybridized carbons (Fsp3) is 0.235. The monoisotopic (exact) mass is 284 g/mol. The highest BCUT2D eigenvalue weighted by molar-refractivity contribution is 7.80. The van der Waals surface area contributed by atoms with Gasteiger partial charge in [-0.05, 0) is 42.7 Å². The summed E-state index contributed by atoms with van der Waals surface area (Å²) >= 11 is 5.04. The van der Waals surface area contributed by atoms with Crippen LogP contribution in [0, 0.1) is 6.92 Å². The molecule has 0 saturated heterocycles. The normalized spacial score (nSPS) is 11.9. The van der Waals surface area contributed by atoms with Crippen LogP contribution >= 0.6 is 12.2 Å². The number of rotatable bonds is 5. The molecule has 2 nitrogen and oxygen atoms in total. The first kappa shape index (κ1) is 14.5. The van der Waals surface area contributed by atoms with Crippen molar-refractivity contribution >= 4 is 22.9 Å². The summed E-state index contributed by atoms with van der Waals surface area (Å²) in [6.45, 7) is 4.21. The number of nitrogens with two attached hydrogens (primary N) is 1. The van der Waals surface area contributed by atoms with E-state index in [2.05, 4.69) is 42.6 Å². The predicted molar refractivity (Wildman–Crippen MR) is 90.2 cm³/mol. The van der Waals surface area contributed by atoms with E-state index < -0.39 is 0 Å². The summed E-state index contributed by atoms with van der Waals surface area (Å²) in [6, 6.07) is 16.9. The molecule has 2 rings (SSSR count). The molecule has 0 aliphatic heterocycles. The number of hydrogen-bond donors (Lipinski definition) is 2. The van der Waals surface area contributed by atoms with Crippen molar-refractivity contribution in [2.24, 2.45) is 5.73 Å². The molecule has 2 aromatic rings. The van der Waals surface area contributed by atoms with E-state index in [-0.39, 0.29) is 0 Å². The number of hydrogen-bond acceptors (Lipinski definition) is 2. The van der Waals surface area contributed by atoms with Gasteiger partial charge in [0.1, 0.15) is 4.99 Å². The number of aryl methyl sites for hydroxylation is 1. The van der Waals surface area contributed by atoms with Gasteiger partial charge in [0.05, 0.1) is 6.04 Å². The van der Waals surface area contributed by atoms with Gasteiger partial charge in [-0.25, -0.2) is 0 Å². The third-order valence-corrected chi connectivity index (χ3v) is 3.66. The molecular weight excluding hydrogens is 264 g/mol. The van der Waals surface area contributed by atoms with Crippen LogP contribution in [0.1, 0.15) is 36.1 Å². The van der Waals surface area contributed by atoms with E-state index in [1.54, 1.807) is 0 Å². The molecule has 0 aromatic heterocycles. The summed E-state index contributed by atoms with van der Waals surface area (Å²) in [4.78, 5) is 0.448. The van der Waals surface area contributed by atoms with Crippen LogP contribution in [0.2, 0.25) is 0 Å². The lowest BCUT2D eigenvalue weighted by Gasteiger charge is -2.19. The van der Waals surface area contributed by atoms with E-state index in [1.165, 1.54) is 5.56 Å². The van der Waals surface area contributed by atoms with Gasteiger partial charge in [-0.1, -0.05) is 49.5 Å². The summed E-state index contributed by atoms with van der Waals surface area (Å²) in [7, 11) is 0. The van der Waals surface area contributed by atoms with Crippen LogP contribution in [-0.2, 0) is 0 Å². The first-order chi connectivity index (χ1) is 9.61. The van der Waals surface area contributed by atoms with Gasteiger partial charge < -0.3 is 11.1 Å². The Bertz CT molecular complexity index is 593. The summed E-state index contributed by atoms with van der Waals surface area (Å²) in [6.07, 6.45) is 1.03. The van der Waals surface area contributed by atoms with Gasteiger partial charge in [0.25, 0.3) is 0 Å². The summed E-state index contributed by atoms with van der Waals surface area (Å²) in [5.41, 5.74) is 10.1. The van der Waals surface area contributed by atoms with Crippen molar-refractivity contribution in [3.63, 3.8) is 0 Å². The van der Waals surface area contributed by atoms with Crippen molar-refractivity contribution in [2.45, 2.75) is 26.3 Å². The average molecular weight is 284 g/mol. The molecule has 0 aliphatic rings. The minimum atomic E-state index is 0.311. The van der Waals surface area contributed by atoms with E-state index in [9.17, 15) is 0 Å². The molecule has 3 N–H and O–H groups in total. The fourth-order valence-corrected chi connectivity index (χ4v) is 2.57. The molecule has 0 spiro atoms. The van der Waals surface area contributed by atoms with Crippen LogP contribution in [0.5, 0.6) is 0 Å². The van der Waals surface area contributed by atoms with Gasteiger partial charge in [0.2, 0.25) is 0 Å². The molecule has 0 radical (unpaired) electrons. The van der Waals surface area contributed by atoms with Gasteiger partial charge in [-0.3, -0.25) is 0 Å². The zero-order valence-electron chi connectivity index (χ0n) is 11.9. The maximum Gasteiger partial charge on any atom is 0.104 e. The largest absolute Gasteiger partial charge is 0.389 e. The standard InChI is InChI=1S/C17H20N2S/c1-3-16(13-7-5-4-6-8-13)19-14-9-10-15(17(18)20)12(2)11-14/h4-11,16,19H,3H2,1-2H3,(H2,18,20). The number of thiocarbonyl (C=S) groups is 1. The minimum absolute atomic E-state index is 0.311. The number of benzene rings is 2. The lowest BCUT2D eigenvalue weighted by molar-refractivity contribution is 0.749. The second-order valence-electron chi connectivity index (χ2n) is 4.91. The Kier molecular flexibility index (Phi) is 4.74. The van der Waals surface area contributed by atoms with Gasteiger partial charge >= 0.3 is 0 Å². The Labute approximate surface area is 126 Å². The topological polar surface area (TPSA) is 38.0 Å². The van der Waals surface area contributed by atoms with Crippen molar-refractivity contribution in [3.05, 3.63) is 65.2 Å². The second-order valence-corrected chi connectivity index (χ2v) is 5.35. The number of nitrogens with one attached hydrogen (secondary N) is 1. The average Bonchev–Trinajstić information content (AvgIpc) is 2.45. The van der Waals surface area contributed by atoms with Crippen molar-refractivity contribution in [1.82, 2.24) is 0 Å². The third-order valence-electron chi connectivity index (χ3n) is 3.44. The van der Waals surface area contributed by atoms with Crippen LogP contribution in [0.25, 0.3) is 0 Å². The van der Waals surface area contributed by atoms with E-state index >= 15 is 0 Å². The van der Waals surface area contributed by atoms with Gasteiger partial charge in [0, 0.05) is 11.3 Å². The molecule has 0 saturated carbocycles. The van der Waals surface area contributed by atoms with E-state index in [1.807, 2.05) is 25.1 Å². The first-order valence-electron chi connectivity index (χ1n) is 6.83. The molecule has 20 heavy (non-hydrogen) atoms. The van der Waals surface area contributed by atoms with Crippen LogP contribution in [0.3, 0.4) is 0 Å². The SMILES string of the molecule is CCC(Nc1ccc(C(N)=S)c(C)c1)c1ccccc1. The van der Waals surface area contributed by atoms with Crippen LogP contribution in [0.15, 0.2) is 48.5 Å².